The standard InChI is InChI=1S/C28H40N4O6S2/c1-15(2)22(32(6)27(35)19-8-9-19)12-23(38-18(5)33)26-31-21(14-40-26)25(34)30-20(10-16(3)28(36)37-7)11-24-29-17(4)13-39-24/h13-16,19-20,22-23H,8-12H2,1-7H3,(H,30,34)/t16-,20+,22?,23+/m0/s1. The first kappa shape index (κ1) is 31.7. The largest absolute Gasteiger partial charge is 0.469 e. The van der Waals surface area contributed by atoms with Crippen LogP contribution in [-0.2, 0) is 30.3 Å². The van der Waals surface area contributed by atoms with E-state index < -0.39 is 18.0 Å². The van der Waals surface area contributed by atoms with E-state index in [0.717, 1.165) is 23.5 Å². The average Bonchev–Trinajstić information content (AvgIpc) is 3.48. The fraction of sp³-hybridized carbons (Fsp3) is 0.643. The molecule has 2 heterocycles. The summed E-state index contributed by atoms with van der Waals surface area (Å²) in [5.41, 5.74) is 1.10. The quantitative estimate of drug-likeness (QED) is 0.321. The normalized spacial score (nSPS) is 16.1. The minimum Gasteiger partial charge on any atom is -0.469 e. The molecular formula is C28H40N4O6S2. The molecule has 0 aliphatic heterocycles. The van der Waals surface area contributed by atoms with E-state index in [9.17, 15) is 19.2 Å². The Morgan fingerprint density at radius 3 is 2.35 bits per heavy atom. The molecule has 4 atom stereocenters. The lowest BCUT2D eigenvalue weighted by Gasteiger charge is -2.33. The Bertz CT molecular complexity index is 1190. The summed E-state index contributed by atoms with van der Waals surface area (Å²) in [5, 5.41) is 7.94. The third kappa shape index (κ3) is 8.82. The number of carbonyl (C=O) groups excluding carboxylic acids is 4. The van der Waals surface area contributed by atoms with Crippen LogP contribution in [0.25, 0.3) is 0 Å². The summed E-state index contributed by atoms with van der Waals surface area (Å²) in [7, 11) is 3.15. The predicted octanol–water partition coefficient (Wildman–Crippen LogP) is 4.34. The van der Waals surface area contributed by atoms with Crippen molar-refractivity contribution in [3.63, 3.8) is 0 Å². The van der Waals surface area contributed by atoms with Crippen molar-refractivity contribution in [2.45, 2.75) is 84.9 Å². The highest BCUT2D eigenvalue weighted by atomic mass is 32.1. The van der Waals surface area contributed by atoms with Gasteiger partial charge < -0.3 is 19.7 Å². The maximum atomic E-state index is 13.3. The van der Waals surface area contributed by atoms with Gasteiger partial charge in [-0.25, -0.2) is 9.97 Å². The van der Waals surface area contributed by atoms with E-state index in [1.807, 2.05) is 26.2 Å². The number of esters is 2. The van der Waals surface area contributed by atoms with Crippen LogP contribution >= 0.6 is 22.7 Å². The van der Waals surface area contributed by atoms with Crippen molar-refractivity contribution in [3.8, 4) is 0 Å². The number of aromatic nitrogens is 2. The number of nitrogens with zero attached hydrogens (tertiary/aromatic N) is 3. The number of hydrogen-bond donors (Lipinski definition) is 1. The monoisotopic (exact) mass is 592 g/mol. The van der Waals surface area contributed by atoms with Gasteiger partial charge in [0.1, 0.15) is 10.7 Å². The van der Waals surface area contributed by atoms with Crippen molar-refractivity contribution in [2.75, 3.05) is 14.2 Å². The number of nitrogens with one attached hydrogen (secondary N) is 1. The highest BCUT2D eigenvalue weighted by molar-refractivity contribution is 7.10. The van der Waals surface area contributed by atoms with Crippen LogP contribution in [-0.4, -0.2) is 64.9 Å². The zero-order valence-electron chi connectivity index (χ0n) is 24.3. The van der Waals surface area contributed by atoms with Gasteiger partial charge in [-0.2, -0.15) is 0 Å². The number of rotatable bonds is 14. The van der Waals surface area contributed by atoms with E-state index in [0.29, 0.717) is 24.3 Å². The molecular weight excluding hydrogens is 552 g/mol. The molecule has 2 aromatic heterocycles. The van der Waals surface area contributed by atoms with Gasteiger partial charge in [-0.05, 0) is 32.1 Å². The first-order chi connectivity index (χ1) is 18.9. The van der Waals surface area contributed by atoms with Crippen LogP contribution in [0.2, 0.25) is 0 Å². The molecule has 1 saturated carbocycles. The van der Waals surface area contributed by atoms with Gasteiger partial charge in [-0.3, -0.25) is 19.2 Å². The van der Waals surface area contributed by atoms with Crippen molar-refractivity contribution in [2.24, 2.45) is 17.8 Å². The molecule has 10 nitrogen and oxygen atoms in total. The summed E-state index contributed by atoms with van der Waals surface area (Å²) in [5.74, 6) is -1.29. The molecule has 220 valence electrons. The summed E-state index contributed by atoms with van der Waals surface area (Å²) in [6.07, 6.45) is 2.35. The summed E-state index contributed by atoms with van der Waals surface area (Å²) in [6.45, 7) is 9.08. The smallest absolute Gasteiger partial charge is 0.308 e. The molecule has 1 N–H and O–H groups in total. The van der Waals surface area contributed by atoms with Gasteiger partial charge in [0, 0.05) is 61.3 Å². The highest BCUT2D eigenvalue weighted by Gasteiger charge is 2.37. The Labute approximate surface area is 243 Å². The van der Waals surface area contributed by atoms with Gasteiger partial charge >= 0.3 is 11.9 Å². The van der Waals surface area contributed by atoms with E-state index >= 15 is 0 Å². The third-order valence-electron chi connectivity index (χ3n) is 7.00. The van der Waals surface area contributed by atoms with Gasteiger partial charge in [0.25, 0.3) is 5.91 Å². The molecule has 2 amide bonds. The summed E-state index contributed by atoms with van der Waals surface area (Å²) in [6, 6.07) is -0.529. The molecule has 1 aliphatic rings. The number of ether oxygens (including phenoxy) is 2. The molecule has 1 unspecified atom stereocenters. The Balaban J connectivity index is 1.76. The summed E-state index contributed by atoms with van der Waals surface area (Å²) < 4.78 is 10.5. The van der Waals surface area contributed by atoms with Crippen LogP contribution in [0, 0.1) is 24.7 Å². The van der Waals surface area contributed by atoms with Crippen molar-refractivity contribution in [1.29, 1.82) is 0 Å². The number of thiazole rings is 2. The Hall–Kier alpha value is -2.86. The summed E-state index contributed by atoms with van der Waals surface area (Å²) >= 11 is 2.75. The molecule has 3 rings (SSSR count). The van der Waals surface area contributed by atoms with Gasteiger partial charge in [0.2, 0.25) is 5.91 Å². The van der Waals surface area contributed by atoms with E-state index in [2.05, 4.69) is 15.3 Å². The lowest BCUT2D eigenvalue weighted by molar-refractivity contribution is -0.148. The molecule has 0 aromatic carbocycles. The average molecular weight is 593 g/mol. The van der Waals surface area contributed by atoms with E-state index in [-0.39, 0.29) is 47.4 Å². The first-order valence-electron chi connectivity index (χ1n) is 13.6. The van der Waals surface area contributed by atoms with Crippen molar-refractivity contribution < 1.29 is 28.7 Å². The van der Waals surface area contributed by atoms with E-state index in [1.54, 1.807) is 24.3 Å². The van der Waals surface area contributed by atoms with Crippen molar-refractivity contribution >= 4 is 46.4 Å². The number of amides is 2. The molecule has 1 fully saturated rings. The first-order valence-corrected chi connectivity index (χ1v) is 15.3. The van der Waals surface area contributed by atoms with E-state index in [1.165, 1.54) is 36.7 Å². The predicted molar refractivity (Wildman–Crippen MR) is 153 cm³/mol. The number of aryl methyl sites for hydroxylation is 1. The molecule has 40 heavy (non-hydrogen) atoms. The molecule has 0 spiro atoms. The fourth-order valence-corrected chi connectivity index (χ4v) is 6.39. The van der Waals surface area contributed by atoms with Crippen LogP contribution in [0.1, 0.15) is 85.7 Å². The van der Waals surface area contributed by atoms with E-state index in [4.69, 9.17) is 9.47 Å². The van der Waals surface area contributed by atoms with Gasteiger partial charge in [0.15, 0.2) is 6.10 Å². The molecule has 0 bridgehead atoms. The second-order valence-corrected chi connectivity index (χ2v) is 12.7. The molecule has 0 saturated heterocycles. The van der Waals surface area contributed by atoms with Crippen LogP contribution in [0.15, 0.2) is 10.8 Å². The highest BCUT2D eigenvalue weighted by Crippen LogP contribution is 2.35. The van der Waals surface area contributed by atoms with Crippen LogP contribution in [0.3, 0.4) is 0 Å². The van der Waals surface area contributed by atoms with Crippen LogP contribution in [0.5, 0.6) is 0 Å². The van der Waals surface area contributed by atoms with Crippen LogP contribution in [0.4, 0.5) is 0 Å². The lowest BCUT2D eigenvalue weighted by Crippen LogP contribution is -2.42. The molecule has 0 radical (unpaired) electrons. The van der Waals surface area contributed by atoms with Crippen molar-refractivity contribution in [1.82, 2.24) is 20.2 Å². The van der Waals surface area contributed by atoms with Gasteiger partial charge in [-0.15, -0.1) is 22.7 Å². The Morgan fingerprint density at radius 2 is 1.80 bits per heavy atom. The lowest BCUT2D eigenvalue weighted by atomic mass is 9.96. The minimum atomic E-state index is -0.695. The third-order valence-corrected chi connectivity index (χ3v) is 8.93. The second-order valence-electron chi connectivity index (χ2n) is 10.9. The topological polar surface area (TPSA) is 128 Å². The Morgan fingerprint density at radius 1 is 1.10 bits per heavy atom. The summed E-state index contributed by atoms with van der Waals surface area (Å²) in [4.78, 5) is 60.9. The van der Waals surface area contributed by atoms with Gasteiger partial charge in [0.05, 0.1) is 18.0 Å². The molecule has 2 aromatic rings. The van der Waals surface area contributed by atoms with Gasteiger partial charge in [-0.1, -0.05) is 20.8 Å². The Kier molecular flexibility index (Phi) is 11.2. The number of methoxy groups -OCH3 is 1. The zero-order chi connectivity index (χ0) is 29.6. The maximum Gasteiger partial charge on any atom is 0.308 e. The second kappa shape index (κ2) is 14.2. The fourth-order valence-electron chi connectivity index (χ4n) is 4.70. The zero-order valence-corrected chi connectivity index (χ0v) is 25.9. The SMILES string of the molecule is COC(=O)[C@@H](C)C[C@H](Cc1nc(C)cs1)NC(=O)c1csc([C@@H](CC(C(C)C)N(C)C(=O)C2CC2)OC(C)=O)n1. The molecule has 12 heteroatoms. The van der Waals surface area contributed by atoms with Crippen molar-refractivity contribution in [3.05, 3.63) is 32.2 Å². The number of hydrogen-bond acceptors (Lipinski definition) is 10. The molecule has 1 aliphatic carbocycles. The number of carbonyl (C=O) groups is 4. The van der Waals surface area contributed by atoms with Crippen LogP contribution < -0.4 is 5.32 Å². The maximum absolute atomic E-state index is 13.3. The minimum absolute atomic E-state index is 0.0803.